The Hall–Kier alpha value is -1.22. The van der Waals surface area contributed by atoms with E-state index in [-0.39, 0.29) is 0 Å². The summed E-state index contributed by atoms with van der Waals surface area (Å²) in [6, 6.07) is 0. The number of aliphatic hydroxyl groups is 4. The van der Waals surface area contributed by atoms with Gasteiger partial charge in [-0.2, -0.15) is 0 Å². The third-order valence-corrected chi connectivity index (χ3v) is 5.42. The molecule has 0 radical (unpaired) electrons. The molecule has 0 aromatic rings. The van der Waals surface area contributed by atoms with Crippen molar-refractivity contribution in [2.75, 3.05) is 13.1 Å². The zero-order chi connectivity index (χ0) is 22.9. The fourth-order valence-electron chi connectivity index (χ4n) is 3.37. The number of hydrogen-bond acceptors (Lipinski definition) is 6. The molecule has 178 valence electrons. The number of carbonyl (C=O) groups is 2. The third-order valence-electron chi connectivity index (χ3n) is 5.42. The van der Waals surface area contributed by atoms with Gasteiger partial charge in [-0.1, -0.05) is 78.1 Å². The number of unbranched alkanes of at least 4 members (excludes halogenated alkanes) is 10. The molecule has 0 bridgehead atoms. The van der Waals surface area contributed by atoms with Gasteiger partial charge < -0.3 is 31.1 Å². The van der Waals surface area contributed by atoms with Crippen LogP contribution in [0.3, 0.4) is 0 Å². The maximum Gasteiger partial charge on any atom is 0.254 e. The van der Waals surface area contributed by atoms with Crippen molar-refractivity contribution in [2.45, 2.75) is 115 Å². The smallest absolute Gasteiger partial charge is 0.254 e. The fourth-order valence-corrected chi connectivity index (χ4v) is 3.37. The van der Waals surface area contributed by atoms with Gasteiger partial charge in [0.2, 0.25) is 5.91 Å². The van der Waals surface area contributed by atoms with Gasteiger partial charge in [0.1, 0.15) is 12.2 Å². The molecule has 8 nitrogen and oxygen atoms in total. The van der Waals surface area contributed by atoms with Crippen molar-refractivity contribution < 1.29 is 30.0 Å². The van der Waals surface area contributed by atoms with Crippen LogP contribution in [-0.2, 0) is 9.59 Å². The predicted octanol–water partition coefficient (Wildman–Crippen LogP) is 1.46. The normalized spacial score (nSPS) is 15.4. The first-order chi connectivity index (χ1) is 14.3. The van der Waals surface area contributed by atoms with E-state index in [1.54, 1.807) is 0 Å². The lowest BCUT2D eigenvalue weighted by molar-refractivity contribution is -0.160. The van der Waals surface area contributed by atoms with E-state index < -0.39 is 36.2 Å². The van der Waals surface area contributed by atoms with E-state index in [0.717, 1.165) is 64.2 Å². The first kappa shape index (κ1) is 28.8. The highest BCUT2D eigenvalue weighted by Gasteiger charge is 2.38. The molecular weight excluding hydrogens is 388 g/mol. The minimum Gasteiger partial charge on any atom is -0.387 e. The van der Waals surface area contributed by atoms with Crippen molar-refractivity contribution in [1.29, 1.82) is 0 Å². The molecule has 2 amide bonds. The summed E-state index contributed by atoms with van der Waals surface area (Å²) in [5.74, 6) is -1.95. The SMILES string of the molecule is CCCCCCCCN(CCCCCCCC)C(=O)[C@@H](O)[C@@H](O)[C@H](O)[C@H](O)C(N)=O. The van der Waals surface area contributed by atoms with Crippen molar-refractivity contribution in [1.82, 2.24) is 4.90 Å². The molecule has 0 aliphatic carbocycles. The number of nitrogens with two attached hydrogens (primary N) is 1. The van der Waals surface area contributed by atoms with E-state index in [9.17, 15) is 30.0 Å². The topological polar surface area (TPSA) is 144 Å². The highest BCUT2D eigenvalue weighted by atomic mass is 16.4. The fraction of sp³-hybridized carbons (Fsp3) is 0.909. The maximum atomic E-state index is 12.7. The van der Waals surface area contributed by atoms with E-state index in [1.165, 1.54) is 17.7 Å². The Labute approximate surface area is 181 Å². The molecule has 4 atom stereocenters. The first-order valence-corrected chi connectivity index (χ1v) is 11.6. The number of amides is 2. The Morgan fingerprint density at radius 2 is 1.03 bits per heavy atom. The standard InChI is InChI=1S/C22H44N2O6/c1-3-5-7-9-11-13-15-24(16-14-12-10-8-6-4-2)22(30)20(28)18(26)17(25)19(27)21(23)29/h17-20,25-28H,3-16H2,1-2H3,(H2,23,29)/t17-,18-,19-,20-/m0/s1. The van der Waals surface area contributed by atoms with Crippen LogP contribution in [0.2, 0.25) is 0 Å². The summed E-state index contributed by atoms with van der Waals surface area (Å²) in [7, 11) is 0. The monoisotopic (exact) mass is 432 g/mol. The van der Waals surface area contributed by atoms with Crippen LogP contribution in [0.1, 0.15) is 90.9 Å². The van der Waals surface area contributed by atoms with Gasteiger partial charge in [-0.25, -0.2) is 0 Å². The Bertz CT molecular complexity index is 447. The number of aliphatic hydroxyl groups excluding tert-OH is 4. The van der Waals surface area contributed by atoms with E-state index in [0.29, 0.717) is 13.1 Å². The van der Waals surface area contributed by atoms with Crippen molar-refractivity contribution in [3.63, 3.8) is 0 Å². The molecule has 0 aliphatic heterocycles. The van der Waals surface area contributed by atoms with E-state index >= 15 is 0 Å². The number of hydrogen-bond donors (Lipinski definition) is 5. The van der Waals surface area contributed by atoms with E-state index in [4.69, 9.17) is 5.73 Å². The summed E-state index contributed by atoms with van der Waals surface area (Å²) >= 11 is 0. The Balaban J connectivity index is 4.76. The molecule has 0 aliphatic rings. The number of rotatable bonds is 19. The van der Waals surface area contributed by atoms with Gasteiger partial charge in [-0.3, -0.25) is 9.59 Å². The molecule has 30 heavy (non-hydrogen) atoms. The van der Waals surface area contributed by atoms with Gasteiger partial charge in [-0.15, -0.1) is 0 Å². The molecule has 0 fully saturated rings. The Morgan fingerprint density at radius 3 is 1.43 bits per heavy atom. The number of carbonyl (C=O) groups excluding carboxylic acids is 2. The molecule has 0 saturated heterocycles. The van der Waals surface area contributed by atoms with Crippen molar-refractivity contribution >= 4 is 11.8 Å². The summed E-state index contributed by atoms with van der Waals surface area (Å²) in [4.78, 5) is 25.2. The highest BCUT2D eigenvalue weighted by Crippen LogP contribution is 2.13. The zero-order valence-corrected chi connectivity index (χ0v) is 18.8. The second kappa shape index (κ2) is 17.5. The van der Waals surface area contributed by atoms with Crippen LogP contribution in [0.4, 0.5) is 0 Å². The van der Waals surface area contributed by atoms with Gasteiger partial charge in [0, 0.05) is 13.1 Å². The van der Waals surface area contributed by atoms with E-state index in [1.807, 2.05) is 0 Å². The maximum absolute atomic E-state index is 12.7. The van der Waals surface area contributed by atoms with Crippen molar-refractivity contribution in [2.24, 2.45) is 5.73 Å². The molecule has 0 spiro atoms. The van der Waals surface area contributed by atoms with Gasteiger partial charge in [-0.05, 0) is 12.8 Å². The highest BCUT2D eigenvalue weighted by molar-refractivity contribution is 5.82. The second-order valence-corrected chi connectivity index (χ2v) is 8.13. The number of nitrogens with zero attached hydrogens (tertiary/aromatic N) is 1. The quantitative estimate of drug-likeness (QED) is 0.195. The number of primary amides is 1. The van der Waals surface area contributed by atoms with Crippen LogP contribution in [0.5, 0.6) is 0 Å². The van der Waals surface area contributed by atoms with Crippen LogP contribution in [-0.4, -0.2) is 74.6 Å². The van der Waals surface area contributed by atoms with Gasteiger partial charge >= 0.3 is 0 Å². The van der Waals surface area contributed by atoms with Crippen LogP contribution < -0.4 is 5.73 Å². The lowest BCUT2D eigenvalue weighted by atomic mass is 10.0. The summed E-state index contributed by atoms with van der Waals surface area (Å²) < 4.78 is 0. The first-order valence-electron chi connectivity index (χ1n) is 11.6. The second-order valence-electron chi connectivity index (χ2n) is 8.13. The average molecular weight is 433 g/mol. The Kier molecular flexibility index (Phi) is 16.7. The largest absolute Gasteiger partial charge is 0.387 e. The third kappa shape index (κ3) is 11.8. The van der Waals surface area contributed by atoms with Gasteiger partial charge in [0.05, 0.1) is 0 Å². The summed E-state index contributed by atoms with van der Waals surface area (Å²) in [5.41, 5.74) is 4.91. The van der Waals surface area contributed by atoms with Crippen LogP contribution >= 0.6 is 0 Å². The van der Waals surface area contributed by atoms with Crippen LogP contribution in [0.25, 0.3) is 0 Å². The zero-order valence-electron chi connectivity index (χ0n) is 18.8. The van der Waals surface area contributed by atoms with E-state index in [2.05, 4.69) is 13.8 Å². The molecule has 8 heteroatoms. The molecule has 0 aromatic heterocycles. The minimum absolute atomic E-state index is 0.457. The Morgan fingerprint density at radius 1 is 0.667 bits per heavy atom. The molecule has 0 rings (SSSR count). The van der Waals surface area contributed by atoms with Crippen LogP contribution in [0, 0.1) is 0 Å². The minimum atomic E-state index is -2.06. The summed E-state index contributed by atoms with van der Waals surface area (Å²) in [6.45, 7) is 5.21. The summed E-state index contributed by atoms with van der Waals surface area (Å²) in [6.07, 6.45) is 4.66. The molecule has 0 unspecified atom stereocenters. The van der Waals surface area contributed by atoms with Crippen molar-refractivity contribution in [3.8, 4) is 0 Å². The molecule has 0 heterocycles. The van der Waals surface area contributed by atoms with Gasteiger partial charge in [0.15, 0.2) is 12.2 Å². The lowest BCUT2D eigenvalue weighted by Crippen LogP contribution is -2.54. The molecule has 0 saturated carbocycles. The predicted molar refractivity (Wildman–Crippen MR) is 117 cm³/mol. The lowest BCUT2D eigenvalue weighted by Gasteiger charge is -2.30. The van der Waals surface area contributed by atoms with Crippen LogP contribution in [0.15, 0.2) is 0 Å². The molecule has 0 aromatic carbocycles. The average Bonchev–Trinajstić information content (AvgIpc) is 2.74. The molecular formula is C22H44N2O6. The van der Waals surface area contributed by atoms with Crippen molar-refractivity contribution in [3.05, 3.63) is 0 Å². The van der Waals surface area contributed by atoms with Gasteiger partial charge in [0.25, 0.3) is 5.91 Å². The molecule has 6 N–H and O–H groups in total. The summed E-state index contributed by atoms with van der Waals surface area (Å²) in [5, 5.41) is 39.6.